The first kappa shape index (κ1) is 15.3. The highest BCUT2D eigenvalue weighted by Crippen LogP contribution is 2.15. The molecule has 1 N–H and O–H groups in total. The van der Waals surface area contributed by atoms with Crippen LogP contribution < -0.4 is 10.2 Å². The van der Waals surface area contributed by atoms with Gasteiger partial charge in [-0.3, -0.25) is 4.79 Å². The smallest absolute Gasteiger partial charge is 0.332 e. The van der Waals surface area contributed by atoms with Crippen LogP contribution in [-0.2, 0) is 14.4 Å². The van der Waals surface area contributed by atoms with E-state index >= 15 is 0 Å². The summed E-state index contributed by atoms with van der Waals surface area (Å²) < 4.78 is 5.17. The van der Waals surface area contributed by atoms with E-state index in [4.69, 9.17) is 16.3 Å². The molecule has 0 fully saturated rings. The zero-order valence-corrected chi connectivity index (χ0v) is 11.6. The van der Waals surface area contributed by atoms with Crippen LogP contribution in [-0.4, -0.2) is 18.5 Å². The topological polar surface area (TPSA) is 64.6 Å². The van der Waals surface area contributed by atoms with Crippen molar-refractivity contribution in [1.82, 2.24) is 5.48 Å². The molecule has 104 valence electrons. The fourth-order valence-corrected chi connectivity index (χ4v) is 1.32. The lowest BCUT2D eigenvalue weighted by Crippen LogP contribution is -2.31. The summed E-state index contributed by atoms with van der Waals surface area (Å²) in [5, 5.41) is 0.583. The molecule has 0 heterocycles. The summed E-state index contributed by atoms with van der Waals surface area (Å²) >= 11 is 5.71. The number of benzene rings is 1. The number of amides is 1. The van der Waals surface area contributed by atoms with Crippen molar-refractivity contribution in [3.63, 3.8) is 0 Å². The van der Waals surface area contributed by atoms with E-state index in [-0.39, 0.29) is 18.9 Å². The Hall–Kier alpha value is -1.75. The number of carbonyl (C=O) groups excluding carboxylic acids is 2. The summed E-state index contributed by atoms with van der Waals surface area (Å²) in [6.45, 7) is 3.52. The molecule has 0 spiro atoms. The SMILES string of the molecule is CC(C)CC(=O)ONC(=O)COc1ccc(Cl)cc1. The maximum absolute atomic E-state index is 11.3. The van der Waals surface area contributed by atoms with Gasteiger partial charge in [0.25, 0.3) is 5.91 Å². The van der Waals surface area contributed by atoms with E-state index in [9.17, 15) is 9.59 Å². The second-order valence-corrected chi connectivity index (χ2v) is 4.78. The fraction of sp³-hybridized carbons (Fsp3) is 0.385. The molecule has 0 saturated carbocycles. The van der Waals surface area contributed by atoms with Crippen LogP contribution in [0.1, 0.15) is 20.3 Å². The van der Waals surface area contributed by atoms with Crippen LogP contribution in [0.15, 0.2) is 24.3 Å². The minimum atomic E-state index is -0.535. The summed E-state index contributed by atoms with van der Waals surface area (Å²) in [7, 11) is 0. The van der Waals surface area contributed by atoms with Crippen molar-refractivity contribution in [2.24, 2.45) is 5.92 Å². The van der Waals surface area contributed by atoms with Crippen LogP contribution >= 0.6 is 11.6 Å². The zero-order chi connectivity index (χ0) is 14.3. The Labute approximate surface area is 116 Å². The molecule has 1 amide bonds. The molecule has 0 aliphatic carbocycles. The highest BCUT2D eigenvalue weighted by atomic mass is 35.5. The molecule has 1 rings (SSSR count). The van der Waals surface area contributed by atoms with Crippen molar-refractivity contribution < 1.29 is 19.2 Å². The molecule has 1 aromatic carbocycles. The van der Waals surface area contributed by atoms with Gasteiger partial charge in [-0.1, -0.05) is 25.4 Å². The molecule has 5 nitrogen and oxygen atoms in total. The number of rotatable bonds is 5. The van der Waals surface area contributed by atoms with Gasteiger partial charge < -0.3 is 9.57 Å². The van der Waals surface area contributed by atoms with Crippen molar-refractivity contribution in [2.45, 2.75) is 20.3 Å². The van der Waals surface area contributed by atoms with Crippen LogP contribution in [0.4, 0.5) is 0 Å². The molecular weight excluding hydrogens is 270 g/mol. The van der Waals surface area contributed by atoms with Crippen molar-refractivity contribution in [3.8, 4) is 5.75 Å². The van der Waals surface area contributed by atoms with Gasteiger partial charge in [0.15, 0.2) is 6.61 Å². The Morgan fingerprint density at radius 1 is 1.26 bits per heavy atom. The third-order valence-corrected chi connectivity index (χ3v) is 2.29. The first-order chi connectivity index (χ1) is 8.97. The molecule has 0 aromatic heterocycles. The van der Waals surface area contributed by atoms with Gasteiger partial charge in [-0.15, -0.1) is 0 Å². The van der Waals surface area contributed by atoms with E-state index < -0.39 is 11.9 Å². The number of hydrogen-bond donors (Lipinski definition) is 1. The third kappa shape index (κ3) is 6.67. The van der Waals surface area contributed by atoms with E-state index in [1.807, 2.05) is 19.3 Å². The van der Waals surface area contributed by atoms with Crippen molar-refractivity contribution >= 4 is 23.5 Å². The zero-order valence-electron chi connectivity index (χ0n) is 10.8. The van der Waals surface area contributed by atoms with Gasteiger partial charge in [-0.05, 0) is 30.2 Å². The van der Waals surface area contributed by atoms with E-state index in [1.54, 1.807) is 24.3 Å². The number of hydroxylamine groups is 1. The minimum Gasteiger partial charge on any atom is -0.484 e. The molecule has 0 aliphatic heterocycles. The lowest BCUT2D eigenvalue weighted by atomic mass is 10.1. The van der Waals surface area contributed by atoms with Gasteiger partial charge >= 0.3 is 5.97 Å². The summed E-state index contributed by atoms with van der Waals surface area (Å²) in [5.41, 5.74) is 2.03. The molecule has 0 atom stereocenters. The monoisotopic (exact) mass is 285 g/mol. The number of halogens is 1. The first-order valence-electron chi connectivity index (χ1n) is 5.84. The van der Waals surface area contributed by atoms with Crippen molar-refractivity contribution in [1.29, 1.82) is 0 Å². The molecular formula is C13H16ClNO4. The van der Waals surface area contributed by atoms with E-state index in [1.165, 1.54) is 0 Å². The summed E-state index contributed by atoms with van der Waals surface area (Å²) in [5.74, 6) is -0.329. The highest BCUT2D eigenvalue weighted by Gasteiger charge is 2.09. The summed E-state index contributed by atoms with van der Waals surface area (Å²) in [6, 6.07) is 6.58. The van der Waals surface area contributed by atoms with Crippen molar-refractivity contribution in [2.75, 3.05) is 6.61 Å². The van der Waals surface area contributed by atoms with Crippen LogP contribution in [0.3, 0.4) is 0 Å². The van der Waals surface area contributed by atoms with Gasteiger partial charge in [0.2, 0.25) is 0 Å². The van der Waals surface area contributed by atoms with Gasteiger partial charge in [0.1, 0.15) is 5.75 Å². The largest absolute Gasteiger partial charge is 0.484 e. The second kappa shape index (κ2) is 7.63. The van der Waals surface area contributed by atoms with E-state index in [0.29, 0.717) is 10.8 Å². The lowest BCUT2D eigenvalue weighted by Gasteiger charge is -2.08. The quantitative estimate of drug-likeness (QED) is 0.844. The highest BCUT2D eigenvalue weighted by molar-refractivity contribution is 6.30. The molecule has 6 heteroatoms. The Kier molecular flexibility index (Phi) is 6.15. The molecule has 0 saturated heterocycles. The Morgan fingerprint density at radius 2 is 1.89 bits per heavy atom. The Bertz CT molecular complexity index is 431. The van der Waals surface area contributed by atoms with E-state index in [0.717, 1.165) is 0 Å². The standard InChI is InChI=1S/C13H16ClNO4/c1-9(2)7-13(17)19-15-12(16)8-18-11-5-3-10(14)4-6-11/h3-6,9H,7-8H2,1-2H3,(H,15,16). The molecule has 0 bridgehead atoms. The third-order valence-electron chi connectivity index (χ3n) is 2.04. The van der Waals surface area contributed by atoms with Gasteiger partial charge in [0.05, 0.1) is 6.42 Å². The summed E-state index contributed by atoms with van der Waals surface area (Å²) in [6.07, 6.45) is 0.248. The van der Waals surface area contributed by atoms with Crippen LogP contribution in [0.2, 0.25) is 5.02 Å². The number of hydrogen-bond acceptors (Lipinski definition) is 4. The van der Waals surface area contributed by atoms with Crippen LogP contribution in [0.25, 0.3) is 0 Å². The normalized spacial score (nSPS) is 10.1. The summed E-state index contributed by atoms with van der Waals surface area (Å²) in [4.78, 5) is 27.1. The lowest BCUT2D eigenvalue weighted by molar-refractivity contribution is -0.159. The first-order valence-corrected chi connectivity index (χ1v) is 6.22. The number of carbonyl (C=O) groups is 2. The fourth-order valence-electron chi connectivity index (χ4n) is 1.20. The Morgan fingerprint density at radius 3 is 2.47 bits per heavy atom. The van der Waals surface area contributed by atoms with Crippen molar-refractivity contribution in [3.05, 3.63) is 29.3 Å². The van der Waals surface area contributed by atoms with E-state index in [2.05, 4.69) is 4.84 Å². The van der Waals surface area contributed by atoms with Crippen LogP contribution in [0.5, 0.6) is 5.75 Å². The van der Waals surface area contributed by atoms with Gasteiger partial charge in [-0.2, -0.15) is 5.48 Å². The second-order valence-electron chi connectivity index (χ2n) is 4.34. The maximum Gasteiger partial charge on any atom is 0.332 e. The molecule has 19 heavy (non-hydrogen) atoms. The minimum absolute atomic E-state index is 0.176. The number of nitrogens with one attached hydrogen (secondary N) is 1. The molecule has 0 aliphatic rings. The van der Waals surface area contributed by atoms with Gasteiger partial charge in [0, 0.05) is 5.02 Å². The average Bonchev–Trinajstić information content (AvgIpc) is 2.35. The Balaban J connectivity index is 2.24. The average molecular weight is 286 g/mol. The van der Waals surface area contributed by atoms with Gasteiger partial charge in [-0.25, -0.2) is 4.79 Å². The molecule has 0 radical (unpaired) electrons. The predicted octanol–water partition coefficient (Wildman–Crippen LogP) is 2.34. The molecule has 1 aromatic rings. The number of ether oxygens (including phenoxy) is 1. The predicted molar refractivity (Wildman–Crippen MR) is 70.6 cm³/mol. The van der Waals surface area contributed by atoms with Crippen LogP contribution in [0, 0.1) is 5.92 Å². The molecule has 0 unspecified atom stereocenters. The maximum atomic E-state index is 11.3.